The highest BCUT2D eigenvalue weighted by atomic mass is 16.3. The number of aliphatic hydroxyl groups is 1. The number of aromatic amines is 2. The molecule has 1 aromatic heterocycles. The van der Waals surface area contributed by atoms with Gasteiger partial charge in [0.05, 0.1) is 23.6 Å². The molecule has 0 radical (unpaired) electrons. The van der Waals surface area contributed by atoms with Gasteiger partial charge in [-0.3, -0.25) is 4.79 Å². The van der Waals surface area contributed by atoms with Crippen LogP contribution in [0.2, 0.25) is 0 Å². The van der Waals surface area contributed by atoms with E-state index in [1.54, 1.807) is 6.07 Å². The molecular weight excluding hydrogens is 270 g/mol. The molecule has 6 heteroatoms. The summed E-state index contributed by atoms with van der Waals surface area (Å²) in [7, 11) is 0. The van der Waals surface area contributed by atoms with Gasteiger partial charge in [-0.05, 0) is 37.5 Å². The van der Waals surface area contributed by atoms with E-state index in [1.807, 2.05) is 24.0 Å². The minimum atomic E-state index is -0.301. The number of amides is 1. The number of piperidine rings is 1. The first-order chi connectivity index (χ1) is 10.0. The fourth-order valence-corrected chi connectivity index (χ4v) is 2.98. The number of aromatic nitrogens is 2. The van der Waals surface area contributed by atoms with Crippen molar-refractivity contribution in [2.75, 3.05) is 6.54 Å². The minimum absolute atomic E-state index is 0.0617. The molecule has 112 valence electrons. The number of fused-ring (bicyclic) bond motifs is 1. The molecule has 0 unspecified atom stereocenters. The van der Waals surface area contributed by atoms with Crippen molar-refractivity contribution in [2.45, 2.75) is 38.3 Å². The van der Waals surface area contributed by atoms with Gasteiger partial charge in [-0.2, -0.15) is 0 Å². The van der Waals surface area contributed by atoms with Crippen LogP contribution < -0.4 is 5.69 Å². The second kappa shape index (κ2) is 5.37. The van der Waals surface area contributed by atoms with Gasteiger partial charge in [-0.25, -0.2) is 4.79 Å². The molecule has 1 fully saturated rings. The second-order valence-corrected chi connectivity index (χ2v) is 5.75. The Bertz CT molecular complexity index is 718. The predicted molar refractivity (Wildman–Crippen MR) is 79.0 cm³/mol. The summed E-state index contributed by atoms with van der Waals surface area (Å²) in [4.78, 5) is 30.8. The molecule has 1 aliphatic heterocycles. The third-order valence-electron chi connectivity index (χ3n) is 4.10. The van der Waals surface area contributed by atoms with Crippen LogP contribution in [0, 0.1) is 0 Å². The zero-order chi connectivity index (χ0) is 15.0. The number of carbonyl (C=O) groups excluding carboxylic acids is 1. The molecule has 0 saturated carbocycles. The van der Waals surface area contributed by atoms with Gasteiger partial charge in [-0.15, -0.1) is 0 Å². The van der Waals surface area contributed by atoms with Crippen molar-refractivity contribution in [3.05, 3.63) is 34.2 Å². The van der Waals surface area contributed by atoms with E-state index in [0.29, 0.717) is 31.3 Å². The molecule has 6 nitrogen and oxygen atoms in total. The van der Waals surface area contributed by atoms with Gasteiger partial charge >= 0.3 is 5.69 Å². The van der Waals surface area contributed by atoms with Crippen LogP contribution in [0.25, 0.3) is 11.0 Å². The lowest BCUT2D eigenvalue weighted by atomic mass is 9.99. The number of rotatable bonds is 2. The third-order valence-corrected chi connectivity index (χ3v) is 4.10. The van der Waals surface area contributed by atoms with Gasteiger partial charge in [-0.1, -0.05) is 6.07 Å². The van der Waals surface area contributed by atoms with Crippen LogP contribution in [0.5, 0.6) is 0 Å². The highest BCUT2D eigenvalue weighted by molar-refractivity contribution is 5.81. The lowest BCUT2D eigenvalue weighted by Gasteiger charge is -2.36. The molecule has 0 spiro atoms. The van der Waals surface area contributed by atoms with Crippen LogP contribution in [0.1, 0.15) is 25.3 Å². The second-order valence-electron chi connectivity index (χ2n) is 5.75. The number of likely N-dealkylation sites (tertiary alicyclic amines) is 1. The largest absolute Gasteiger partial charge is 0.393 e. The number of benzene rings is 1. The van der Waals surface area contributed by atoms with Crippen molar-refractivity contribution in [3.8, 4) is 0 Å². The van der Waals surface area contributed by atoms with Gasteiger partial charge < -0.3 is 20.0 Å². The van der Waals surface area contributed by atoms with E-state index >= 15 is 0 Å². The fraction of sp³-hybridized carbons (Fsp3) is 0.467. The Kier molecular flexibility index (Phi) is 3.55. The molecule has 3 N–H and O–H groups in total. The van der Waals surface area contributed by atoms with Gasteiger partial charge in [0.2, 0.25) is 5.91 Å². The van der Waals surface area contributed by atoms with E-state index < -0.39 is 0 Å². The molecule has 2 heterocycles. The number of aliphatic hydroxyl groups excluding tert-OH is 1. The first kappa shape index (κ1) is 13.9. The maximum atomic E-state index is 12.4. The predicted octanol–water partition coefficient (Wildman–Crippen LogP) is 0.771. The molecule has 3 rings (SSSR count). The summed E-state index contributed by atoms with van der Waals surface area (Å²) in [5.41, 5.74) is 2.09. The third kappa shape index (κ3) is 2.85. The molecule has 0 aliphatic carbocycles. The first-order valence-corrected chi connectivity index (χ1v) is 7.21. The van der Waals surface area contributed by atoms with Gasteiger partial charge in [0.25, 0.3) is 0 Å². The molecule has 1 aromatic carbocycles. The summed E-state index contributed by atoms with van der Waals surface area (Å²) in [6, 6.07) is 5.55. The number of hydrogen-bond donors (Lipinski definition) is 3. The van der Waals surface area contributed by atoms with E-state index in [4.69, 9.17) is 0 Å². The summed E-state index contributed by atoms with van der Waals surface area (Å²) in [5.74, 6) is 0.0617. The maximum absolute atomic E-state index is 12.4. The number of H-pyrrole nitrogens is 2. The lowest BCUT2D eigenvalue weighted by Crippen LogP contribution is -2.46. The van der Waals surface area contributed by atoms with Crippen LogP contribution in [0.4, 0.5) is 0 Å². The Labute approximate surface area is 121 Å². The Morgan fingerprint density at radius 2 is 2.14 bits per heavy atom. The van der Waals surface area contributed by atoms with Crippen LogP contribution in [-0.4, -0.2) is 44.6 Å². The molecule has 1 saturated heterocycles. The molecular formula is C15H19N3O3. The van der Waals surface area contributed by atoms with Gasteiger partial charge in [0, 0.05) is 12.6 Å². The summed E-state index contributed by atoms with van der Waals surface area (Å²) < 4.78 is 0. The van der Waals surface area contributed by atoms with Crippen molar-refractivity contribution in [3.63, 3.8) is 0 Å². The van der Waals surface area contributed by atoms with Crippen LogP contribution in [-0.2, 0) is 11.2 Å². The van der Waals surface area contributed by atoms with Crippen LogP contribution >= 0.6 is 0 Å². The number of carbonyl (C=O) groups is 1. The van der Waals surface area contributed by atoms with Crippen molar-refractivity contribution in [1.82, 2.24) is 14.9 Å². The van der Waals surface area contributed by atoms with Crippen LogP contribution in [0.3, 0.4) is 0 Å². The summed E-state index contributed by atoms with van der Waals surface area (Å²) in [6.07, 6.45) is 1.28. The zero-order valence-corrected chi connectivity index (χ0v) is 11.9. The Morgan fingerprint density at radius 1 is 1.38 bits per heavy atom. The number of imidazole rings is 1. The number of hydrogen-bond acceptors (Lipinski definition) is 3. The highest BCUT2D eigenvalue weighted by Crippen LogP contribution is 2.19. The fourth-order valence-electron chi connectivity index (χ4n) is 2.98. The first-order valence-electron chi connectivity index (χ1n) is 7.21. The van der Waals surface area contributed by atoms with E-state index in [0.717, 1.165) is 11.1 Å². The Morgan fingerprint density at radius 3 is 2.90 bits per heavy atom. The smallest absolute Gasteiger partial charge is 0.323 e. The van der Waals surface area contributed by atoms with Crippen molar-refractivity contribution in [2.24, 2.45) is 0 Å². The monoisotopic (exact) mass is 289 g/mol. The minimum Gasteiger partial charge on any atom is -0.393 e. The molecule has 1 aliphatic rings. The highest BCUT2D eigenvalue weighted by Gasteiger charge is 2.27. The molecule has 2 atom stereocenters. The maximum Gasteiger partial charge on any atom is 0.323 e. The van der Waals surface area contributed by atoms with E-state index in [-0.39, 0.29) is 23.7 Å². The topological polar surface area (TPSA) is 89.2 Å². The van der Waals surface area contributed by atoms with Crippen molar-refractivity contribution >= 4 is 16.9 Å². The van der Waals surface area contributed by atoms with Crippen molar-refractivity contribution in [1.29, 1.82) is 0 Å². The quantitative estimate of drug-likeness (QED) is 0.763. The zero-order valence-electron chi connectivity index (χ0n) is 11.9. The van der Waals surface area contributed by atoms with E-state index in [2.05, 4.69) is 9.97 Å². The summed E-state index contributed by atoms with van der Waals surface area (Å²) in [5, 5.41) is 9.61. The van der Waals surface area contributed by atoms with E-state index in [1.165, 1.54) is 0 Å². The number of nitrogens with one attached hydrogen (secondary N) is 2. The Hall–Kier alpha value is -2.08. The van der Waals surface area contributed by atoms with Gasteiger partial charge in [0.15, 0.2) is 0 Å². The number of nitrogens with zero attached hydrogens (tertiary/aromatic N) is 1. The van der Waals surface area contributed by atoms with E-state index in [9.17, 15) is 14.7 Å². The van der Waals surface area contributed by atoms with Crippen LogP contribution in [0.15, 0.2) is 23.0 Å². The normalized spacial score (nSPS) is 22.7. The standard InChI is InChI=1S/C15H19N3O3/c1-9-6-11(19)4-5-18(9)14(20)8-10-2-3-12-13(7-10)17-15(21)16-12/h2-3,7,9,11,19H,4-6,8H2,1H3,(H2,16,17,21)/t9-,11-/m0/s1. The lowest BCUT2D eigenvalue weighted by molar-refractivity contribution is -0.135. The SMILES string of the molecule is C[C@H]1C[C@@H](O)CCN1C(=O)Cc1ccc2[nH]c(=O)[nH]c2c1. The molecule has 0 bridgehead atoms. The van der Waals surface area contributed by atoms with Gasteiger partial charge in [0.1, 0.15) is 0 Å². The Balaban J connectivity index is 1.75. The van der Waals surface area contributed by atoms with Crippen molar-refractivity contribution < 1.29 is 9.90 Å². The molecule has 2 aromatic rings. The average Bonchev–Trinajstić information content (AvgIpc) is 2.77. The molecule has 21 heavy (non-hydrogen) atoms. The summed E-state index contributed by atoms with van der Waals surface area (Å²) in [6.45, 7) is 2.57. The summed E-state index contributed by atoms with van der Waals surface area (Å²) >= 11 is 0. The molecule has 1 amide bonds. The average molecular weight is 289 g/mol.